The molecule has 0 spiro atoms. The minimum atomic E-state index is -0.996. The fourth-order valence-corrected chi connectivity index (χ4v) is 1.79. The molecule has 4 nitrogen and oxygen atoms in total. The van der Waals surface area contributed by atoms with Gasteiger partial charge in [0, 0.05) is 11.5 Å². The van der Waals surface area contributed by atoms with E-state index in [1.165, 1.54) is 24.1 Å². The van der Waals surface area contributed by atoms with Crippen molar-refractivity contribution >= 4 is 27.6 Å². The van der Waals surface area contributed by atoms with E-state index in [1.807, 2.05) is 0 Å². The van der Waals surface area contributed by atoms with Gasteiger partial charge in [0.15, 0.2) is 0 Å². The Morgan fingerprint density at radius 3 is 2.67 bits per heavy atom. The maximum absolute atomic E-state index is 13.5. The van der Waals surface area contributed by atoms with Gasteiger partial charge in [0.05, 0.1) is 17.8 Å². The van der Waals surface area contributed by atoms with Crippen molar-refractivity contribution in [2.75, 3.05) is 18.9 Å². The predicted molar refractivity (Wildman–Crippen MR) is 72.0 cm³/mol. The number of nitrogens with one attached hydrogen (secondary N) is 1. The standard InChI is InChI=1S/C12H16BrFN2O2/c1-12(2,18)7-16(3)11(17)15-10-5-4-8(13)6-9(10)14/h4-6,18H,7H2,1-3H3,(H,15,17). The van der Waals surface area contributed by atoms with Crippen molar-refractivity contribution in [2.24, 2.45) is 0 Å². The molecule has 2 N–H and O–H groups in total. The molecular weight excluding hydrogens is 303 g/mol. The molecular formula is C12H16BrFN2O2. The molecule has 0 aliphatic heterocycles. The molecule has 0 aromatic heterocycles. The molecule has 0 unspecified atom stereocenters. The number of hydrogen-bond donors (Lipinski definition) is 2. The second-order valence-electron chi connectivity index (χ2n) is 4.72. The smallest absolute Gasteiger partial charge is 0.321 e. The summed E-state index contributed by atoms with van der Waals surface area (Å²) in [6.07, 6.45) is 0. The van der Waals surface area contributed by atoms with Crippen molar-refractivity contribution < 1.29 is 14.3 Å². The normalized spacial score (nSPS) is 11.2. The van der Waals surface area contributed by atoms with Crippen LogP contribution in [0.4, 0.5) is 14.9 Å². The number of carbonyl (C=O) groups is 1. The zero-order valence-electron chi connectivity index (χ0n) is 10.5. The van der Waals surface area contributed by atoms with Crippen LogP contribution in [0.1, 0.15) is 13.8 Å². The average molecular weight is 319 g/mol. The third kappa shape index (κ3) is 4.62. The second-order valence-corrected chi connectivity index (χ2v) is 5.64. The molecule has 6 heteroatoms. The molecule has 1 aromatic rings. The Balaban J connectivity index is 2.70. The number of urea groups is 1. The minimum absolute atomic E-state index is 0.103. The number of carbonyl (C=O) groups excluding carboxylic acids is 1. The van der Waals surface area contributed by atoms with Gasteiger partial charge >= 0.3 is 6.03 Å². The summed E-state index contributed by atoms with van der Waals surface area (Å²) in [5, 5.41) is 12.0. The van der Waals surface area contributed by atoms with Gasteiger partial charge in [0.25, 0.3) is 0 Å². The molecule has 2 amide bonds. The molecule has 0 aliphatic rings. The first-order chi connectivity index (χ1) is 8.19. The SMILES string of the molecule is CN(CC(C)(C)O)C(=O)Nc1ccc(Br)cc1F. The van der Waals surface area contributed by atoms with E-state index in [0.29, 0.717) is 4.47 Å². The van der Waals surface area contributed by atoms with Gasteiger partial charge in [-0.1, -0.05) is 15.9 Å². The highest BCUT2D eigenvalue weighted by molar-refractivity contribution is 9.10. The van der Waals surface area contributed by atoms with E-state index in [-0.39, 0.29) is 12.2 Å². The topological polar surface area (TPSA) is 52.6 Å². The van der Waals surface area contributed by atoms with E-state index >= 15 is 0 Å². The van der Waals surface area contributed by atoms with Crippen LogP contribution < -0.4 is 5.32 Å². The summed E-state index contributed by atoms with van der Waals surface area (Å²) in [6.45, 7) is 3.34. The van der Waals surface area contributed by atoms with Gasteiger partial charge in [-0.2, -0.15) is 0 Å². The predicted octanol–water partition coefficient (Wildman–Crippen LogP) is 2.82. The Labute approximate surface area is 114 Å². The lowest BCUT2D eigenvalue weighted by Gasteiger charge is -2.25. The minimum Gasteiger partial charge on any atom is -0.389 e. The van der Waals surface area contributed by atoms with Gasteiger partial charge in [-0.3, -0.25) is 0 Å². The zero-order valence-corrected chi connectivity index (χ0v) is 12.1. The van der Waals surface area contributed by atoms with Crippen LogP contribution >= 0.6 is 15.9 Å². The van der Waals surface area contributed by atoms with Crippen molar-refractivity contribution in [2.45, 2.75) is 19.4 Å². The van der Waals surface area contributed by atoms with Gasteiger partial charge in [-0.25, -0.2) is 9.18 Å². The maximum Gasteiger partial charge on any atom is 0.321 e. The van der Waals surface area contributed by atoms with Crippen molar-refractivity contribution in [3.63, 3.8) is 0 Å². The highest BCUT2D eigenvalue weighted by atomic mass is 79.9. The monoisotopic (exact) mass is 318 g/mol. The first kappa shape index (κ1) is 14.9. The summed E-state index contributed by atoms with van der Waals surface area (Å²) in [5.41, 5.74) is -0.893. The molecule has 0 saturated heterocycles. The van der Waals surface area contributed by atoms with E-state index in [9.17, 15) is 14.3 Å². The number of likely N-dealkylation sites (N-methyl/N-ethyl adjacent to an activating group) is 1. The molecule has 0 bridgehead atoms. The van der Waals surface area contributed by atoms with Crippen LogP contribution in [0, 0.1) is 5.82 Å². The average Bonchev–Trinajstić information content (AvgIpc) is 2.19. The van der Waals surface area contributed by atoms with Crippen LogP contribution in [0.15, 0.2) is 22.7 Å². The summed E-state index contributed by atoms with van der Waals surface area (Å²) in [5.74, 6) is -0.519. The lowest BCUT2D eigenvalue weighted by Crippen LogP contribution is -2.41. The molecule has 0 radical (unpaired) electrons. The number of benzene rings is 1. The van der Waals surface area contributed by atoms with Crippen molar-refractivity contribution in [1.82, 2.24) is 4.90 Å². The second kappa shape index (κ2) is 5.67. The molecule has 1 rings (SSSR count). The van der Waals surface area contributed by atoms with Gasteiger partial charge in [0.2, 0.25) is 0 Å². The summed E-state index contributed by atoms with van der Waals surface area (Å²) >= 11 is 3.14. The Bertz CT molecular complexity index is 446. The van der Waals surface area contributed by atoms with E-state index in [0.717, 1.165) is 0 Å². The van der Waals surface area contributed by atoms with Gasteiger partial charge in [-0.15, -0.1) is 0 Å². The summed E-state index contributed by atoms with van der Waals surface area (Å²) in [4.78, 5) is 13.0. The van der Waals surface area contributed by atoms with Crippen LogP contribution in [-0.2, 0) is 0 Å². The number of aliphatic hydroxyl groups is 1. The number of halogens is 2. The Hall–Kier alpha value is -1.14. The van der Waals surface area contributed by atoms with Crippen molar-refractivity contribution in [3.05, 3.63) is 28.5 Å². The zero-order chi connectivity index (χ0) is 13.9. The summed E-state index contributed by atoms with van der Waals surface area (Å²) in [7, 11) is 1.53. The first-order valence-corrected chi connectivity index (χ1v) is 6.18. The number of amides is 2. The Morgan fingerprint density at radius 1 is 1.56 bits per heavy atom. The van der Waals surface area contributed by atoms with E-state index in [1.54, 1.807) is 19.9 Å². The highest BCUT2D eigenvalue weighted by Gasteiger charge is 2.19. The van der Waals surface area contributed by atoms with Crippen LogP contribution in [0.5, 0.6) is 0 Å². The van der Waals surface area contributed by atoms with Gasteiger partial charge in [0.1, 0.15) is 5.82 Å². The Kier molecular flexibility index (Phi) is 4.70. The number of anilines is 1. The van der Waals surface area contributed by atoms with E-state index in [2.05, 4.69) is 21.2 Å². The lowest BCUT2D eigenvalue weighted by atomic mass is 10.1. The largest absolute Gasteiger partial charge is 0.389 e. The highest BCUT2D eigenvalue weighted by Crippen LogP contribution is 2.19. The van der Waals surface area contributed by atoms with Crippen LogP contribution in [0.2, 0.25) is 0 Å². The Morgan fingerprint density at radius 2 is 2.17 bits per heavy atom. The number of nitrogens with zero attached hydrogens (tertiary/aromatic N) is 1. The first-order valence-electron chi connectivity index (χ1n) is 5.38. The van der Waals surface area contributed by atoms with E-state index in [4.69, 9.17) is 0 Å². The molecule has 0 fully saturated rings. The van der Waals surface area contributed by atoms with Crippen LogP contribution in [0.25, 0.3) is 0 Å². The van der Waals surface area contributed by atoms with Gasteiger partial charge < -0.3 is 15.3 Å². The maximum atomic E-state index is 13.5. The molecule has 0 heterocycles. The number of rotatable bonds is 3. The van der Waals surface area contributed by atoms with Crippen molar-refractivity contribution in [1.29, 1.82) is 0 Å². The third-order valence-corrected chi connectivity index (χ3v) is 2.64. The third-order valence-electron chi connectivity index (χ3n) is 2.14. The molecule has 0 atom stereocenters. The van der Waals surface area contributed by atoms with Gasteiger partial charge in [-0.05, 0) is 32.0 Å². The van der Waals surface area contributed by atoms with Crippen LogP contribution in [-0.4, -0.2) is 35.2 Å². The molecule has 1 aromatic carbocycles. The fourth-order valence-electron chi connectivity index (χ4n) is 1.45. The summed E-state index contributed by atoms with van der Waals surface area (Å²) < 4.78 is 14.1. The van der Waals surface area contributed by atoms with Crippen molar-refractivity contribution in [3.8, 4) is 0 Å². The van der Waals surface area contributed by atoms with E-state index < -0.39 is 17.4 Å². The molecule has 18 heavy (non-hydrogen) atoms. The quantitative estimate of drug-likeness (QED) is 0.900. The summed E-state index contributed by atoms with van der Waals surface area (Å²) in [6, 6.07) is 3.90. The molecule has 100 valence electrons. The molecule has 0 aliphatic carbocycles. The van der Waals surface area contributed by atoms with Crippen LogP contribution in [0.3, 0.4) is 0 Å². The lowest BCUT2D eigenvalue weighted by molar-refractivity contribution is 0.0550. The molecule has 0 saturated carbocycles. The number of hydrogen-bond acceptors (Lipinski definition) is 2. The fraction of sp³-hybridized carbons (Fsp3) is 0.417.